The van der Waals surface area contributed by atoms with Crippen molar-refractivity contribution in [2.75, 3.05) is 0 Å². The van der Waals surface area contributed by atoms with Gasteiger partial charge in [-0.05, 0) is 62.4 Å². The van der Waals surface area contributed by atoms with Crippen LogP contribution in [0.15, 0.2) is 60.7 Å². The van der Waals surface area contributed by atoms with Crippen molar-refractivity contribution >= 4 is 0 Å². The first-order chi connectivity index (χ1) is 12.7. The molecule has 0 aliphatic heterocycles. The highest BCUT2D eigenvalue weighted by Gasteiger charge is 2.08. The van der Waals surface area contributed by atoms with E-state index in [4.69, 9.17) is 0 Å². The zero-order valence-corrected chi connectivity index (χ0v) is 14.5. The Hall–Kier alpha value is -3.54. The first-order valence-corrected chi connectivity index (χ1v) is 8.25. The first-order valence-electron chi connectivity index (χ1n) is 8.25. The molecule has 4 rings (SSSR count). The fourth-order valence-corrected chi connectivity index (χ4v) is 2.58. The van der Waals surface area contributed by atoms with E-state index in [0.717, 1.165) is 34.2 Å². The average molecular weight is 340 g/mol. The number of aromatic nitrogens is 6. The smallest absolute Gasteiger partial charge is 0.113 e. The van der Waals surface area contributed by atoms with Gasteiger partial charge >= 0.3 is 0 Å². The highest BCUT2D eigenvalue weighted by molar-refractivity contribution is 5.61. The van der Waals surface area contributed by atoms with Gasteiger partial charge in [0.2, 0.25) is 0 Å². The van der Waals surface area contributed by atoms with Crippen molar-refractivity contribution in [1.29, 1.82) is 0 Å². The van der Waals surface area contributed by atoms with Crippen molar-refractivity contribution in [3.05, 3.63) is 72.1 Å². The van der Waals surface area contributed by atoms with Crippen molar-refractivity contribution in [3.63, 3.8) is 0 Å². The van der Waals surface area contributed by atoms with E-state index in [9.17, 15) is 0 Å². The van der Waals surface area contributed by atoms with Gasteiger partial charge in [-0.3, -0.25) is 9.97 Å². The molecule has 4 heterocycles. The highest BCUT2D eigenvalue weighted by atomic mass is 15.2. The zero-order valence-electron chi connectivity index (χ0n) is 14.5. The molecule has 0 spiro atoms. The summed E-state index contributed by atoms with van der Waals surface area (Å²) in [5.41, 5.74) is 6.28. The Bertz CT molecular complexity index is 955. The molecule has 0 atom stereocenters. The molecule has 0 bridgehead atoms. The third-order valence-corrected chi connectivity index (χ3v) is 3.89. The molecular formula is C20H16N6. The number of hydrogen-bond donors (Lipinski definition) is 0. The summed E-state index contributed by atoms with van der Waals surface area (Å²) in [5.74, 6) is 0. The van der Waals surface area contributed by atoms with Crippen molar-refractivity contribution in [2.45, 2.75) is 13.8 Å². The molecule has 126 valence electrons. The summed E-state index contributed by atoms with van der Waals surface area (Å²) in [7, 11) is 0. The van der Waals surface area contributed by atoms with Crippen LogP contribution in [0, 0.1) is 13.8 Å². The fraction of sp³-hybridized carbons (Fsp3) is 0.100. The van der Waals surface area contributed by atoms with Gasteiger partial charge in [0, 0.05) is 11.4 Å². The van der Waals surface area contributed by atoms with Crippen molar-refractivity contribution in [3.8, 4) is 34.2 Å². The molecule has 0 amide bonds. The van der Waals surface area contributed by atoms with Gasteiger partial charge in [-0.25, -0.2) is 0 Å². The van der Waals surface area contributed by atoms with Crippen LogP contribution in [0.3, 0.4) is 0 Å². The molecular weight excluding hydrogens is 324 g/mol. The van der Waals surface area contributed by atoms with Crippen LogP contribution in [0.5, 0.6) is 0 Å². The third-order valence-electron chi connectivity index (χ3n) is 3.89. The largest absolute Gasteiger partial charge is 0.251 e. The Labute approximate surface area is 151 Å². The second-order valence-corrected chi connectivity index (χ2v) is 5.94. The second-order valence-electron chi connectivity index (χ2n) is 5.94. The predicted octanol–water partition coefficient (Wildman–Crippen LogP) is 3.67. The Morgan fingerprint density at radius 2 is 0.769 bits per heavy atom. The van der Waals surface area contributed by atoms with Crippen LogP contribution in [0.25, 0.3) is 34.2 Å². The van der Waals surface area contributed by atoms with Gasteiger partial charge in [-0.1, -0.05) is 12.1 Å². The van der Waals surface area contributed by atoms with Gasteiger partial charge in [0.15, 0.2) is 0 Å². The van der Waals surface area contributed by atoms with Gasteiger partial charge in [-0.2, -0.15) is 0 Å². The Balaban J connectivity index is 1.60. The summed E-state index contributed by atoms with van der Waals surface area (Å²) in [5, 5.41) is 17.1. The molecule has 0 saturated heterocycles. The lowest BCUT2D eigenvalue weighted by Gasteiger charge is -2.04. The fourth-order valence-electron chi connectivity index (χ4n) is 2.58. The molecule has 26 heavy (non-hydrogen) atoms. The maximum absolute atomic E-state index is 4.46. The number of nitrogens with zero attached hydrogens (tertiary/aromatic N) is 6. The van der Waals surface area contributed by atoms with E-state index in [0.29, 0.717) is 11.4 Å². The predicted molar refractivity (Wildman–Crippen MR) is 99.0 cm³/mol. The minimum Gasteiger partial charge on any atom is -0.251 e. The minimum absolute atomic E-state index is 0.664. The summed E-state index contributed by atoms with van der Waals surface area (Å²) in [6, 6.07) is 19.2. The molecule has 0 unspecified atom stereocenters. The summed E-state index contributed by atoms with van der Waals surface area (Å²) < 4.78 is 0. The molecule has 0 aliphatic rings. The third kappa shape index (κ3) is 3.30. The van der Waals surface area contributed by atoms with Crippen LogP contribution in [-0.4, -0.2) is 30.4 Å². The van der Waals surface area contributed by atoms with Crippen molar-refractivity contribution < 1.29 is 0 Å². The lowest BCUT2D eigenvalue weighted by molar-refractivity contribution is 0.986. The zero-order chi connectivity index (χ0) is 17.9. The summed E-state index contributed by atoms with van der Waals surface area (Å²) in [6.07, 6.45) is 0. The van der Waals surface area contributed by atoms with Crippen molar-refractivity contribution in [1.82, 2.24) is 30.4 Å². The van der Waals surface area contributed by atoms with Crippen LogP contribution in [0.4, 0.5) is 0 Å². The maximum atomic E-state index is 4.46. The topological polar surface area (TPSA) is 77.3 Å². The van der Waals surface area contributed by atoms with Gasteiger partial charge < -0.3 is 0 Å². The maximum Gasteiger partial charge on any atom is 0.113 e. The Morgan fingerprint density at radius 3 is 1.08 bits per heavy atom. The Morgan fingerprint density at radius 1 is 0.423 bits per heavy atom. The quantitative estimate of drug-likeness (QED) is 0.566. The van der Waals surface area contributed by atoms with E-state index in [-0.39, 0.29) is 0 Å². The van der Waals surface area contributed by atoms with E-state index >= 15 is 0 Å². The Kier molecular flexibility index (Phi) is 4.15. The normalized spacial score (nSPS) is 10.7. The molecule has 0 radical (unpaired) electrons. The molecule has 4 aromatic heterocycles. The molecule has 4 aromatic rings. The molecule has 0 fully saturated rings. The summed E-state index contributed by atoms with van der Waals surface area (Å²) >= 11 is 0. The molecule has 0 aliphatic carbocycles. The minimum atomic E-state index is 0.664. The van der Waals surface area contributed by atoms with Crippen LogP contribution in [-0.2, 0) is 0 Å². The lowest BCUT2D eigenvalue weighted by Crippen LogP contribution is -1.97. The van der Waals surface area contributed by atoms with E-state index < -0.39 is 0 Å². The molecule has 0 aromatic carbocycles. The lowest BCUT2D eigenvalue weighted by atomic mass is 10.2. The van der Waals surface area contributed by atoms with Gasteiger partial charge in [-0.15, -0.1) is 20.4 Å². The van der Waals surface area contributed by atoms with Crippen molar-refractivity contribution in [2.24, 2.45) is 0 Å². The van der Waals surface area contributed by atoms with E-state index in [1.165, 1.54) is 0 Å². The number of aryl methyl sites for hydroxylation is 2. The molecule has 0 N–H and O–H groups in total. The first kappa shape index (κ1) is 16.0. The number of pyridine rings is 2. The SMILES string of the molecule is Cc1cccc(-c2ccc(-c3ccc(-c4cccc(C)n4)nn3)nn2)n1. The standard InChI is InChI=1S/C20H16N6/c1-13-5-3-7-15(21-13)17-9-11-19(25-23-17)20-12-10-18(24-26-20)16-8-4-6-14(2)22-16/h3-12H,1-2H3. The molecule has 0 saturated carbocycles. The number of hydrogen-bond acceptors (Lipinski definition) is 6. The monoisotopic (exact) mass is 340 g/mol. The van der Waals surface area contributed by atoms with Crippen LogP contribution >= 0.6 is 0 Å². The average Bonchev–Trinajstić information content (AvgIpc) is 2.68. The van der Waals surface area contributed by atoms with Gasteiger partial charge in [0.05, 0.1) is 11.4 Å². The van der Waals surface area contributed by atoms with E-state index in [1.807, 2.05) is 74.5 Å². The van der Waals surface area contributed by atoms with E-state index in [1.54, 1.807) is 0 Å². The van der Waals surface area contributed by atoms with Gasteiger partial charge in [0.1, 0.15) is 22.8 Å². The summed E-state index contributed by atoms with van der Waals surface area (Å²) in [6.45, 7) is 3.90. The van der Waals surface area contributed by atoms with Crippen LogP contribution in [0.1, 0.15) is 11.4 Å². The summed E-state index contributed by atoms with van der Waals surface area (Å²) in [4.78, 5) is 8.92. The van der Waals surface area contributed by atoms with Crippen LogP contribution < -0.4 is 0 Å². The molecule has 6 nitrogen and oxygen atoms in total. The second kappa shape index (κ2) is 6.76. The van der Waals surface area contributed by atoms with E-state index in [2.05, 4.69) is 30.4 Å². The van der Waals surface area contributed by atoms with Gasteiger partial charge in [0.25, 0.3) is 0 Å². The number of rotatable bonds is 3. The molecule has 6 heteroatoms. The van der Waals surface area contributed by atoms with Crippen LogP contribution in [0.2, 0.25) is 0 Å². The highest BCUT2D eigenvalue weighted by Crippen LogP contribution is 2.20.